The van der Waals surface area contributed by atoms with Crippen LogP contribution in [0.2, 0.25) is 0 Å². The Morgan fingerprint density at radius 1 is 1.59 bits per heavy atom. The minimum Gasteiger partial charge on any atom is -0.314 e. The first kappa shape index (κ1) is 11.9. The van der Waals surface area contributed by atoms with Crippen LogP contribution in [0.1, 0.15) is 13.3 Å². The van der Waals surface area contributed by atoms with Crippen molar-refractivity contribution >= 4 is 35.1 Å². The maximum atomic E-state index is 11.7. The highest BCUT2D eigenvalue weighted by molar-refractivity contribution is 7.99. The van der Waals surface area contributed by atoms with Crippen LogP contribution in [0, 0.1) is 0 Å². The van der Waals surface area contributed by atoms with Crippen molar-refractivity contribution in [3.05, 3.63) is 12.3 Å². The number of carbonyl (C=O) groups is 2. The number of hydrogen-bond acceptors (Lipinski definition) is 4. The average Bonchev–Trinajstić information content (AvgIpc) is 2.40. The molecular formula is C11H13N3O2S. The number of fused-ring (bicyclic) bond motifs is 1. The number of amides is 2. The van der Waals surface area contributed by atoms with E-state index in [1.165, 1.54) is 6.92 Å². The van der Waals surface area contributed by atoms with Gasteiger partial charge in [0.15, 0.2) is 0 Å². The molecule has 1 N–H and O–H groups in total. The predicted octanol–water partition coefficient (Wildman–Crippen LogP) is 1.50. The second-order valence-electron chi connectivity index (χ2n) is 3.77. The average molecular weight is 251 g/mol. The van der Waals surface area contributed by atoms with Gasteiger partial charge in [-0.15, -0.1) is 11.8 Å². The first-order valence-corrected chi connectivity index (χ1v) is 6.23. The Kier molecular flexibility index (Phi) is 3.33. The number of rotatable bonds is 1. The number of anilines is 2. The van der Waals surface area contributed by atoms with Crippen molar-refractivity contribution in [2.45, 2.75) is 18.2 Å². The Labute approximate surface area is 104 Å². The molecule has 6 heteroatoms. The lowest BCUT2D eigenvalue weighted by Crippen LogP contribution is -2.25. The quantitative estimate of drug-likeness (QED) is 0.821. The SMILES string of the molecule is CC(=O)Nc1cc2c(cn1)SCCC(=O)N2C. The Hall–Kier alpha value is -1.56. The number of thioether (sulfide) groups is 1. The molecule has 0 unspecified atom stereocenters. The molecule has 1 aliphatic rings. The van der Waals surface area contributed by atoms with Crippen molar-refractivity contribution in [3.8, 4) is 0 Å². The van der Waals surface area contributed by atoms with Crippen molar-refractivity contribution in [2.75, 3.05) is 23.0 Å². The molecule has 0 radical (unpaired) electrons. The number of carbonyl (C=O) groups excluding carboxylic acids is 2. The number of nitrogens with zero attached hydrogens (tertiary/aromatic N) is 2. The van der Waals surface area contributed by atoms with E-state index < -0.39 is 0 Å². The number of hydrogen-bond donors (Lipinski definition) is 1. The Balaban J connectivity index is 2.38. The zero-order chi connectivity index (χ0) is 12.4. The van der Waals surface area contributed by atoms with E-state index in [4.69, 9.17) is 0 Å². The van der Waals surface area contributed by atoms with Crippen LogP contribution in [-0.2, 0) is 9.59 Å². The largest absolute Gasteiger partial charge is 0.314 e. The van der Waals surface area contributed by atoms with Crippen LogP contribution in [0.25, 0.3) is 0 Å². The molecule has 0 saturated heterocycles. The smallest absolute Gasteiger partial charge is 0.227 e. The number of nitrogens with one attached hydrogen (secondary N) is 1. The minimum absolute atomic E-state index is 0.0798. The fraction of sp³-hybridized carbons (Fsp3) is 0.364. The van der Waals surface area contributed by atoms with Gasteiger partial charge in [0.25, 0.3) is 0 Å². The molecule has 2 heterocycles. The first-order chi connectivity index (χ1) is 8.08. The van der Waals surface area contributed by atoms with Gasteiger partial charge in [-0.2, -0.15) is 0 Å². The van der Waals surface area contributed by atoms with Gasteiger partial charge in [-0.3, -0.25) is 9.59 Å². The van der Waals surface area contributed by atoms with Gasteiger partial charge in [-0.25, -0.2) is 4.98 Å². The third kappa shape index (κ3) is 2.58. The molecule has 1 aliphatic heterocycles. The first-order valence-electron chi connectivity index (χ1n) is 5.25. The van der Waals surface area contributed by atoms with Gasteiger partial charge in [-0.1, -0.05) is 0 Å². The molecule has 0 saturated carbocycles. The third-order valence-corrected chi connectivity index (χ3v) is 3.49. The van der Waals surface area contributed by atoms with E-state index >= 15 is 0 Å². The molecule has 17 heavy (non-hydrogen) atoms. The van der Waals surface area contributed by atoms with Gasteiger partial charge in [0, 0.05) is 43.3 Å². The fourth-order valence-electron chi connectivity index (χ4n) is 1.60. The number of aromatic nitrogens is 1. The van der Waals surface area contributed by atoms with Crippen molar-refractivity contribution in [3.63, 3.8) is 0 Å². The summed E-state index contributed by atoms with van der Waals surface area (Å²) in [6, 6.07) is 1.73. The van der Waals surface area contributed by atoms with Gasteiger partial charge in [0.1, 0.15) is 5.82 Å². The molecule has 0 bridgehead atoms. The lowest BCUT2D eigenvalue weighted by Gasteiger charge is -2.17. The molecule has 2 rings (SSSR count). The molecular weight excluding hydrogens is 238 g/mol. The monoisotopic (exact) mass is 251 g/mol. The molecule has 1 aromatic heterocycles. The van der Waals surface area contributed by atoms with Gasteiger partial charge < -0.3 is 10.2 Å². The summed E-state index contributed by atoms with van der Waals surface area (Å²) in [7, 11) is 1.74. The molecule has 0 aromatic carbocycles. The summed E-state index contributed by atoms with van der Waals surface area (Å²) < 4.78 is 0. The van der Waals surface area contributed by atoms with Gasteiger partial charge in [-0.05, 0) is 0 Å². The highest BCUT2D eigenvalue weighted by atomic mass is 32.2. The molecule has 0 atom stereocenters. The second-order valence-corrected chi connectivity index (χ2v) is 4.91. The zero-order valence-electron chi connectivity index (χ0n) is 9.69. The van der Waals surface area contributed by atoms with Crippen LogP contribution in [-0.4, -0.2) is 29.6 Å². The van der Waals surface area contributed by atoms with E-state index in [-0.39, 0.29) is 11.8 Å². The van der Waals surface area contributed by atoms with Crippen LogP contribution in [0.4, 0.5) is 11.5 Å². The fourth-order valence-corrected chi connectivity index (χ4v) is 2.57. The Morgan fingerprint density at radius 2 is 2.35 bits per heavy atom. The lowest BCUT2D eigenvalue weighted by molar-refractivity contribution is -0.118. The summed E-state index contributed by atoms with van der Waals surface area (Å²) in [6.07, 6.45) is 2.21. The van der Waals surface area contributed by atoms with Gasteiger partial charge in [0.05, 0.1) is 5.69 Å². The van der Waals surface area contributed by atoms with Crippen LogP contribution in [0.15, 0.2) is 17.2 Å². The van der Waals surface area contributed by atoms with Gasteiger partial charge in [0.2, 0.25) is 11.8 Å². The molecule has 5 nitrogen and oxygen atoms in total. The second kappa shape index (κ2) is 4.75. The van der Waals surface area contributed by atoms with Crippen LogP contribution in [0.5, 0.6) is 0 Å². The van der Waals surface area contributed by atoms with Crippen molar-refractivity contribution in [1.29, 1.82) is 0 Å². The summed E-state index contributed by atoms with van der Waals surface area (Å²) in [4.78, 5) is 29.4. The zero-order valence-corrected chi connectivity index (χ0v) is 10.5. The summed E-state index contributed by atoms with van der Waals surface area (Å²) in [6.45, 7) is 1.43. The highest BCUT2D eigenvalue weighted by Gasteiger charge is 2.20. The minimum atomic E-state index is -0.173. The molecule has 0 aliphatic carbocycles. The number of pyridine rings is 1. The maximum Gasteiger partial charge on any atom is 0.227 e. The Bertz CT molecular complexity index is 476. The summed E-state index contributed by atoms with van der Waals surface area (Å²) >= 11 is 1.61. The molecule has 1 aromatic rings. The van der Waals surface area contributed by atoms with Crippen molar-refractivity contribution in [2.24, 2.45) is 0 Å². The summed E-state index contributed by atoms with van der Waals surface area (Å²) in [5.74, 6) is 1.14. The molecule has 0 fully saturated rings. The maximum absolute atomic E-state index is 11.7. The predicted molar refractivity (Wildman–Crippen MR) is 67.3 cm³/mol. The topological polar surface area (TPSA) is 62.3 Å². The van der Waals surface area contributed by atoms with E-state index in [0.29, 0.717) is 12.2 Å². The van der Waals surface area contributed by atoms with Gasteiger partial charge >= 0.3 is 0 Å². The van der Waals surface area contributed by atoms with E-state index in [2.05, 4.69) is 10.3 Å². The van der Waals surface area contributed by atoms with Crippen LogP contribution < -0.4 is 10.2 Å². The summed E-state index contributed by atoms with van der Waals surface area (Å²) in [5.41, 5.74) is 0.802. The summed E-state index contributed by atoms with van der Waals surface area (Å²) in [5, 5.41) is 2.61. The van der Waals surface area contributed by atoms with E-state index in [1.54, 1.807) is 36.0 Å². The van der Waals surface area contributed by atoms with E-state index in [9.17, 15) is 9.59 Å². The normalized spacial score (nSPS) is 15.2. The third-order valence-electron chi connectivity index (χ3n) is 2.46. The van der Waals surface area contributed by atoms with Crippen molar-refractivity contribution < 1.29 is 9.59 Å². The molecule has 0 spiro atoms. The van der Waals surface area contributed by atoms with E-state index in [0.717, 1.165) is 16.3 Å². The van der Waals surface area contributed by atoms with Crippen LogP contribution in [0.3, 0.4) is 0 Å². The lowest BCUT2D eigenvalue weighted by atomic mass is 10.3. The van der Waals surface area contributed by atoms with Crippen LogP contribution >= 0.6 is 11.8 Å². The molecule has 2 amide bonds. The van der Waals surface area contributed by atoms with Crippen molar-refractivity contribution in [1.82, 2.24) is 4.98 Å². The standard InChI is InChI=1S/C11H13N3O2S/c1-7(15)13-10-5-8-9(6-12-10)17-4-3-11(16)14(8)2/h5-6H,3-4H2,1-2H3,(H,12,13,15). The Morgan fingerprint density at radius 3 is 3.06 bits per heavy atom. The highest BCUT2D eigenvalue weighted by Crippen LogP contribution is 2.34. The molecule has 90 valence electrons. The van der Waals surface area contributed by atoms with E-state index in [1.807, 2.05) is 0 Å².